The Kier molecular flexibility index (Phi) is 2.17. The predicted molar refractivity (Wildman–Crippen MR) is 50.8 cm³/mol. The first-order valence-electron chi connectivity index (χ1n) is 4.13. The third-order valence-electron chi connectivity index (χ3n) is 1.86. The number of carboxylic acid groups (broad SMARTS) is 1. The lowest BCUT2D eigenvalue weighted by molar-refractivity contribution is 0.0682. The van der Waals surface area contributed by atoms with Crippen molar-refractivity contribution in [3.63, 3.8) is 0 Å². The summed E-state index contributed by atoms with van der Waals surface area (Å²) in [5.74, 6) is -1.01. The van der Waals surface area contributed by atoms with Crippen LogP contribution < -0.4 is 4.74 Å². The van der Waals surface area contributed by atoms with Gasteiger partial charge in [0.25, 0.3) is 5.82 Å². The molecule has 0 unspecified atom stereocenters. The molecular formula is C9H7N3O3. The van der Waals surface area contributed by atoms with Crippen LogP contribution in [0.4, 0.5) is 0 Å². The molecule has 0 saturated heterocycles. The zero-order chi connectivity index (χ0) is 10.8. The number of ether oxygens (including phenoxy) is 1. The maximum absolute atomic E-state index is 10.6. The van der Waals surface area contributed by atoms with Gasteiger partial charge >= 0.3 is 5.97 Å². The summed E-state index contributed by atoms with van der Waals surface area (Å²) < 4.78 is 5.04. The summed E-state index contributed by atoms with van der Waals surface area (Å²) in [6.07, 6.45) is 0. The minimum Gasteiger partial charge on any atom is -0.494 e. The summed E-state index contributed by atoms with van der Waals surface area (Å²) in [4.78, 5) is 14.4. The van der Waals surface area contributed by atoms with Gasteiger partial charge in [-0.15, -0.1) is 10.2 Å². The maximum atomic E-state index is 10.6. The number of nitrogens with zero attached hydrogens (tertiary/aromatic N) is 3. The lowest BCUT2D eigenvalue weighted by Crippen LogP contribution is -2.06. The van der Waals surface area contributed by atoms with Crippen LogP contribution in [0.25, 0.3) is 11.0 Å². The smallest absolute Gasteiger partial charge is 0.375 e. The minimum atomic E-state index is -1.20. The van der Waals surface area contributed by atoms with E-state index in [1.54, 1.807) is 18.2 Å². The average molecular weight is 205 g/mol. The van der Waals surface area contributed by atoms with Gasteiger partial charge in [-0.3, -0.25) is 0 Å². The molecule has 6 nitrogen and oxygen atoms in total. The van der Waals surface area contributed by atoms with Crippen LogP contribution in [0.2, 0.25) is 0 Å². The lowest BCUT2D eigenvalue weighted by atomic mass is 10.3. The number of aromatic nitrogens is 3. The number of aromatic carboxylic acids is 1. The summed E-state index contributed by atoms with van der Waals surface area (Å²) in [6.45, 7) is 0. The summed E-state index contributed by atoms with van der Waals surface area (Å²) in [7, 11) is 1.50. The van der Waals surface area contributed by atoms with Crippen molar-refractivity contribution < 1.29 is 14.6 Å². The van der Waals surface area contributed by atoms with Crippen molar-refractivity contribution in [2.75, 3.05) is 7.11 Å². The van der Waals surface area contributed by atoms with Gasteiger partial charge in [-0.25, -0.2) is 9.78 Å². The highest BCUT2D eigenvalue weighted by molar-refractivity contribution is 5.87. The molecule has 0 atom stereocenters. The first-order chi connectivity index (χ1) is 7.22. The number of rotatable bonds is 2. The second kappa shape index (κ2) is 3.49. The maximum Gasteiger partial charge on any atom is 0.375 e. The Morgan fingerprint density at radius 2 is 2.20 bits per heavy atom. The van der Waals surface area contributed by atoms with E-state index in [-0.39, 0.29) is 5.82 Å². The van der Waals surface area contributed by atoms with Gasteiger partial charge in [-0.05, 0) is 12.1 Å². The summed E-state index contributed by atoms with van der Waals surface area (Å²) in [5, 5.41) is 15.9. The van der Waals surface area contributed by atoms with Crippen LogP contribution in [0.1, 0.15) is 10.6 Å². The number of hydrogen-bond donors (Lipinski definition) is 1. The molecule has 0 fully saturated rings. The van der Waals surface area contributed by atoms with Crippen LogP contribution >= 0.6 is 0 Å². The second-order valence-electron chi connectivity index (χ2n) is 2.77. The number of fused-ring (bicyclic) bond motifs is 1. The van der Waals surface area contributed by atoms with Crippen LogP contribution in [0, 0.1) is 0 Å². The molecular weight excluding hydrogens is 198 g/mol. The Bertz CT molecular complexity index is 527. The number of hydrogen-bond acceptors (Lipinski definition) is 5. The largest absolute Gasteiger partial charge is 0.494 e. The van der Waals surface area contributed by atoms with E-state index in [9.17, 15) is 4.79 Å². The highest BCUT2D eigenvalue weighted by Crippen LogP contribution is 2.20. The van der Waals surface area contributed by atoms with E-state index < -0.39 is 5.97 Å². The molecule has 0 spiro atoms. The molecule has 1 aromatic heterocycles. The monoisotopic (exact) mass is 205 g/mol. The van der Waals surface area contributed by atoms with Crippen LogP contribution in [0.5, 0.6) is 5.75 Å². The lowest BCUT2D eigenvalue weighted by Gasteiger charge is -2.02. The normalized spacial score (nSPS) is 10.2. The number of methoxy groups -OCH3 is 1. The Morgan fingerprint density at radius 1 is 1.40 bits per heavy atom. The third-order valence-corrected chi connectivity index (χ3v) is 1.86. The van der Waals surface area contributed by atoms with Crippen molar-refractivity contribution in [2.24, 2.45) is 0 Å². The molecule has 6 heteroatoms. The quantitative estimate of drug-likeness (QED) is 0.777. The van der Waals surface area contributed by atoms with Crippen LogP contribution in [-0.2, 0) is 0 Å². The van der Waals surface area contributed by atoms with E-state index in [0.29, 0.717) is 16.8 Å². The molecule has 0 radical (unpaired) electrons. The van der Waals surface area contributed by atoms with Gasteiger partial charge in [0, 0.05) is 0 Å². The van der Waals surface area contributed by atoms with Crippen molar-refractivity contribution in [1.29, 1.82) is 0 Å². The Labute approximate surface area is 84.5 Å². The Balaban J connectivity index is 2.69. The van der Waals surface area contributed by atoms with E-state index in [0.717, 1.165) is 0 Å². The van der Waals surface area contributed by atoms with Gasteiger partial charge < -0.3 is 9.84 Å². The molecule has 2 aromatic rings. The molecule has 1 heterocycles. The molecule has 0 aliphatic heterocycles. The number of carbonyl (C=O) groups is 1. The SMILES string of the molecule is COc1cccc2nc(C(=O)O)nnc12. The van der Waals surface area contributed by atoms with Crippen LogP contribution in [-0.4, -0.2) is 33.4 Å². The van der Waals surface area contributed by atoms with E-state index in [1.165, 1.54) is 7.11 Å². The van der Waals surface area contributed by atoms with Crippen molar-refractivity contribution in [3.8, 4) is 5.75 Å². The zero-order valence-electron chi connectivity index (χ0n) is 7.84. The van der Waals surface area contributed by atoms with Crippen LogP contribution in [0.3, 0.4) is 0 Å². The summed E-state index contributed by atoms with van der Waals surface area (Å²) >= 11 is 0. The molecule has 2 rings (SSSR count). The first-order valence-corrected chi connectivity index (χ1v) is 4.13. The molecule has 0 aliphatic carbocycles. The van der Waals surface area contributed by atoms with Gasteiger partial charge in [-0.1, -0.05) is 6.07 Å². The fourth-order valence-corrected chi connectivity index (χ4v) is 1.19. The molecule has 76 valence electrons. The molecule has 1 aromatic carbocycles. The first kappa shape index (κ1) is 9.32. The van der Waals surface area contributed by atoms with Crippen molar-refractivity contribution >= 4 is 17.0 Å². The highest BCUT2D eigenvalue weighted by atomic mass is 16.5. The van der Waals surface area contributed by atoms with Gasteiger partial charge in [0.2, 0.25) is 0 Å². The Morgan fingerprint density at radius 3 is 2.87 bits per heavy atom. The molecule has 0 amide bonds. The van der Waals surface area contributed by atoms with E-state index >= 15 is 0 Å². The fraction of sp³-hybridized carbons (Fsp3) is 0.111. The fourth-order valence-electron chi connectivity index (χ4n) is 1.19. The molecule has 0 saturated carbocycles. The number of benzene rings is 1. The van der Waals surface area contributed by atoms with Gasteiger partial charge in [0.1, 0.15) is 5.75 Å². The summed E-state index contributed by atoms with van der Waals surface area (Å²) in [6, 6.07) is 5.07. The second-order valence-corrected chi connectivity index (χ2v) is 2.77. The molecule has 0 aliphatic rings. The minimum absolute atomic E-state index is 0.323. The molecule has 15 heavy (non-hydrogen) atoms. The van der Waals surface area contributed by atoms with Crippen molar-refractivity contribution in [3.05, 3.63) is 24.0 Å². The van der Waals surface area contributed by atoms with E-state index in [2.05, 4.69) is 15.2 Å². The summed E-state index contributed by atoms with van der Waals surface area (Å²) in [5.41, 5.74) is 0.895. The standard InChI is InChI=1S/C9H7N3O3/c1-15-6-4-2-3-5-7(6)11-12-8(10-5)9(13)14/h2-4H,1H3,(H,13,14). The van der Waals surface area contributed by atoms with Gasteiger partial charge in [-0.2, -0.15) is 0 Å². The predicted octanol–water partition coefficient (Wildman–Crippen LogP) is 0.732. The average Bonchev–Trinajstić information content (AvgIpc) is 2.27. The van der Waals surface area contributed by atoms with Gasteiger partial charge in [0.15, 0.2) is 5.52 Å². The Hall–Kier alpha value is -2.24. The van der Waals surface area contributed by atoms with E-state index in [4.69, 9.17) is 9.84 Å². The zero-order valence-corrected chi connectivity index (χ0v) is 7.84. The van der Waals surface area contributed by atoms with Crippen molar-refractivity contribution in [1.82, 2.24) is 15.2 Å². The molecule has 1 N–H and O–H groups in total. The van der Waals surface area contributed by atoms with Crippen molar-refractivity contribution in [2.45, 2.75) is 0 Å². The molecule has 0 bridgehead atoms. The van der Waals surface area contributed by atoms with Gasteiger partial charge in [0.05, 0.1) is 12.6 Å². The third kappa shape index (κ3) is 1.56. The van der Waals surface area contributed by atoms with E-state index in [1.807, 2.05) is 0 Å². The highest BCUT2D eigenvalue weighted by Gasteiger charge is 2.10. The van der Waals surface area contributed by atoms with Crippen LogP contribution in [0.15, 0.2) is 18.2 Å². The topological polar surface area (TPSA) is 85.2 Å². The number of carboxylic acids is 1.